The summed E-state index contributed by atoms with van der Waals surface area (Å²) in [5.41, 5.74) is 7.48. The van der Waals surface area contributed by atoms with Gasteiger partial charge in [0.15, 0.2) is 0 Å². The molecular formula is C8H9IN2O2. The number of halogens is 1. The molecule has 0 aliphatic rings. The lowest BCUT2D eigenvalue weighted by Gasteiger charge is -2.05. The van der Waals surface area contributed by atoms with Crippen LogP contribution in [0.1, 0.15) is 11.1 Å². The number of hydrogen-bond acceptors (Lipinski definition) is 3. The third kappa shape index (κ3) is 2.16. The van der Waals surface area contributed by atoms with Crippen LogP contribution in [0.15, 0.2) is 12.1 Å². The molecule has 0 radical (unpaired) electrons. The number of nitrogens with two attached hydrogens (primary N) is 1. The maximum absolute atomic E-state index is 10.5. The molecule has 0 heterocycles. The molecule has 1 rings (SSSR count). The van der Waals surface area contributed by atoms with E-state index in [1.54, 1.807) is 6.07 Å². The van der Waals surface area contributed by atoms with Crippen LogP contribution in [0, 0.1) is 20.6 Å². The highest BCUT2D eigenvalue weighted by Gasteiger charge is 2.11. The second kappa shape index (κ2) is 4.01. The lowest BCUT2D eigenvalue weighted by molar-refractivity contribution is -0.385. The van der Waals surface area contributed by atoms with Crippen LogP contribution in [0.3, 0.4) is 0 Å². The Morgan fingerprint density at radius 1 is 1.62 bits per heavy atom. The number of benzene rings is 1. The number of nitrogens with zero attached hydrogens (tertiary/aromatic N) is 1. The largest absolute Gasteiger partial charge is 0.326 e. The van der Waals surface area contributed by atoms with Gasteiger partial charge in [0.05, 0.1) is 4.92 Å². The quantitative estimate of drug-likeness (QED) is 0.514. The number of aryl methyl sites for hydroxylation is 1. The van der Waals surface area contributed by atoms with Crippen molar-refractivity contribution in [1.29, 1.82) is 0 Å². The first-order valence-corrected chi connectivity index (χ1v) is 4.77. The number of nitro benzene ring substituents is 1. The molecule has 0 aliphatic carbocycles. The molecule has 70 valence electrons. The van der Waals surface area contributed by atoms with Gasteiger partial charge in [0.1, 0.15) is 0 Å². The molecule has 0 saturated carbocycles. The van der Waals surface area contributed by atoms with E-state index < -0.39 is 4.92 Å². The van der Waals surface area contributed by atoms with Gasteiger partial charge in [-0.1, -0.05) is 0 Å². The van der Waals surface area contributed by atoms with Gasteiger partial charge in [-0.25, -0.2) is 0 Å². The highest BCUT2D eigenvalue weighted by atomic mass is 127. The molecule has 4 nitrogen and oxygen atoms in total. The fraction of sp³-hybridized carbons (Fsp3) is 0.250. The first-order chi connectivity index (χ1) is 6.06. The Balaban J connectivity index is 3.28. The summed E-state index contributed by atoms with van der Waals surface area (Å²) in [7, 11) is 0. The Morgan fingerprint density at radius 3 is 2.62 bits per heavy atom. The second-order valence-corrected chi connectivity index (χ2v) is 3.85. The highest BCUT2D eigenvalue weighted by Crippen LogP contribution is 2.23. The molecule has 0 atom stereocenters. The van der Waals surface area contributed by atoms with Crippen LogP contribution in [-0.4, -0.2) is 4.92 Å². The van der Waals surface area contributed by atoms with Gasteiger partial charge in [-0.2, -0.15) is 0 Å². The summed E-state index contributed by atoms with van der Waals surface area (Å²) in [6.07, 6.45) is 0. The molecule has 0 spiro atoms. The Morgan fingerprint density at radius 2 is 2.23 bits per heavy atom. The van der Waals surface area contributed by atoms with Gasteiger partial charge in [0.2, 0.25) is 0 Å². The topological polar surface area (TPSA) is 69.2 Å². The van der Waals surface area contributed by atoms with Crippen molar-refractivity contribution in [2.75, 3.05) is 0 Å². The van der Waals surface area contributed by atoms with Crippen molar-refractivity contribution >= 4 is 28.3 Å². The molecule has 0 fully saturated rings. The molecule has 5 heteroatoms. The van der Waals surface area contributed by atoms with E-state index in [1.807, 2.05) is 6.92 Å². The number of hydrogen-bond donors (Lipinski definition) is 1. The summed E-state index contributed by atoms with van der Waals surface area (Å²) in [4.78, 5) is 10.1. The van der Waals surface area contributed by atoms with Gasteiger partial charge < -0.3 is 5.73 Å². The molecule has 1 aromatic carbocycles. The smallest absolute Gasteiger partial charge is 0.270 e. The van der Waals surface area contributed by atoms with Crippen LogP contribution < -0.4 is 5.73 Å². The zero-order chi connectivity index (χ0) is 10.0. The summed E-state index contributed by atoms with van der Waals surface area (Å²) < 4.78 is 0.854. The molecule has 2 N–H and O–H groups in total. The minimum atomic E-state index is -0.393. The summed E-state index contributed by atoms with van der Waals surface area (Å²) in [6.45, 7) is 2.25. The fourth-order valence-corrected chi connectivity index (χ4v) is 2.08. The third-order valence-corrected chi connectivity index (χ3v) is 2.78. The Kier molecular flexibility index (Phi) is 3.21. The summed E-state index contributed by atoms with van der Waals surface area (Å²) in [5.74, 6) is 0. The van der Waals surface area contributed by atoms with E-state index in [9.17, 15) is 10.1 Å². The van der Waals surface area contributed by atoms with E-state index >= 15 is 0 Å². The lowest BCUT2D eigenvalue weighted by atomic mass is 10.1. The molecule has 0 bridgehead atoms. The standard InChI is InChI=1S/C8H9IN2O2/c1-5-2-6(11(12)13)3-8(9)7(5)4-10/h2-3H,4,10H2,1H3. The van der Waals surface area contributed by atoms with E-state index in [1.165, 1.54) is 6.07 Å². The zero-order valence-electron chi connectivity index (χ0n) is 7.08. The van der Waals surface area contributed by atoms with Crippen molar-refractivity contribution < 1.29 is 4.92 Å². The van der Waals surface area contributed by atoms with Gasteiger partial charge >= 0.3 is 0 Å². The van der Waals surface area contributed by atoms with E-state index in [2.05, 4.69) is 22.6 Å². The minimum Gasteiger partial charge on any atom is -0.326 e. The average molecular weight is 292 g/mol. The van der Waals surface area contributed by atoms with Crippen molar-refractivity contribution in [2.45, 2.75) is 13.5 Å². The summed E-state index contributed by atoms with van der Waals surface area (Å²) >= 11 is 2.06. The Hall–Kier alpha value is -0.690. The maximum atomic E-state index is 10.5. The monoisotopic (exact) mass is 292 g/mol. The molecule has 0 aromatic heterocycles. The van der Waals surface area contributed by atoms with E-state index in [0.29, 0.717) is 6.54 Å². The molecular weight excluding hydrogens is 283 g/mol. The Bertz CT molecular complexity index is 329. The molecule has 0 saturated heterocycles. The zero-order valence-corrected chi connectivity index (χ0v) is 9.24. The summed E-state index contributed by atoms with van der Waals surface area (Å²) in [5, 5.41) is 10.5. The maximum Gasteiger partial charge on any atom is 0.270 e. The number of non-ortho nitro benzene ring substituents is 1. The van der Waals surface area contributed by atoms with Gasteiger partial charge in [-0.15, -0.1) is 0 Å². The van der Waals surface area contributed by atoms with Gasteiger partial charge in [-0.3, -0.25) is 10.1 Å². The van der Waals surface area contributed by atoms with Crippen LogP contribution in [-0.2, 0) is 6.54 Å². The van der Waals surface area contributed by atoms with Crippen molar-refractivity contribution in [3.8, 4) is 0 Å². The van der Waals surface area contributed by atoms with Crippen LogP contribution in [0.5, 0.6) is 0 Å². The predicted molar refractivity (Wildman–Crippen MR) is 58.4 cm³/mol. The molecule has 0 unspecified atom stereocenters. The van der Waals surface area contributed by atoms with Crippen molar-refractivity contribution in [3.63, 3.8) is 0 Å². The van der Waals surface area contributed by atoms with Gasteiger partial charge in [-0.05, 0) is 40.6 Å². The van der Waals surface area contributed by atoms with E-state index in [-0.39, 0.29) is 5.69 Å². The first-order valence-electron chi connectivity index (χ1n) is 3.69. The highest BCUT2D eigenvalue weighted by molar-refractivity contribution is 14.1. The molecule has 13 heavy (non-hydrogen) atoms. The SMILES string of the molecule is Cc1cc([N+](=O)[O-])cc(I)c1CN. The van der Waals surface area contributed by atoms with Crippen LogP contribution in [0.25, 0.3) is 0 Å². The Labute approximate surface area is 89.4 Å². The average Bonchev–Trinajstić information content (AvgIpc) is 2.03. The van der Waals surface area contributed by atoms with Crippen LogP contribution >= 0.6 is 22.6 Å². The van der Waals surface area contributed by atoms with Crippen molar-refractivity contribution in [1.82, 2.24) is 0 Å². The number of rotatable bonds is 2. The summed E-state index contributed by atoms with van der Waals surface area (Å²) in [6, 6.07) is 3.08. The van der Waals surface area contributed by atoms with Gasteiger partial charge in [0.25, 0.3) is 5.69 Å². The molecule has 0 amide bonds. The number of nitro groups is 1. The van der Waals surface area contributed by atoms with Crippen molar-refractivity contribution in [3.05, 3.63) is 36.9 Å². The van der Waals surface area contributed by atoms with E-state index in [0.717, 1.165) is 14.7 Å². The van der Waals surface area contributed by atoms with Crippen LogP contribution in [0.2, 0.25) is 0 Å². The third-order valence-electron chi connectivity index (χ3n) is 1.82. The van der Waals surface area contributed by atoms with Gasteiger partial charge in [0, 0.05) is 22.2 Å². The van der Waals surface area contributed by atoms with Crippen molar-refractivity contribution in [2.24, 2.45) is 5.73 Å². The minimum absolute atomic E-state index is 0.124. The first kappa shape index (κ1) is 10.4. The molecule has 0 aliphatic heterocycles. The second-order valence-electron chi connectivity index (χ2n) is 2.68. The van der Waals surface area contributed by atoms with Crippen LogP contribution in [0.4, 0.5) is 5.69 Å². The fourth-order valence-electron chi connectivity index (χ4n) is 1.12. The van der Waals surface area contributed by atoms with E-state index in [4.69, 9.17) is 5.73 Å². The lowest BCUT2D eigenvalue weighted by Crippen LogP contribution is -2.03. The molecule has 1 aromatic rings. The normalized spacial score (nSPS) is 10.1. The predicted octanol–water partition coefficient (Wildman–Crippen LogP) is 1.97.